The lowest BCUT2D eigenvalue weighted by Gasteiger charge is -2.02. The molecule has 0 aromatic heterocycles. The minimum Gasteiger partial charge on any atom is -0.484 e. The Balaban J connectivity index is 2.53. The summed E-state index contributed by atoms with van der Waals surface area (Å²) in [7, 11) is 0. The van der Waals surface area contributed by atoms with Gasteiger partial charge in [0.25, 0.3) is 5.91 Å². The Morgan fingerprint density at radius 3 is 2.50 bits per heavy atom. The Morgan fingerprint density at radius 2 is 2.00 bits per heavy atom. The molecule has 0 spiro atoms. The number of carbonyl (C=O) groups is 1. The Kier molecular flexibility index (Phi) is 3.10. The van der Waals surface area contributed by atoms with Crippen LogP contribution >= 0.6 is 15.9 Å². The smallest absolute Gasteiger partial charge is 0.255 e. The van der Waals surface area contributed by atoms with Crippen molar-refractivity contribution >= 4 is 21.8 Å². The molecule has 1 aromatic rings. The van der Waals surface area contributed by atoms with E-state index in [0.717, 1.165) is 4.47 Å². The largest absolute Gasteiger partial charge is 0.484 e. The number of amides is 1. The fourth-order valence-corrected chi connectivity index (χ4v) is 0.950. The molecule has 1 aromatic carbocycles. The number of nitrogens with two attached hydrogens (primary N) is 1. The van der Waals surface area contributed by atoms with Gasteiger partial charge in [-0.1, -0.05) is 15.9 Å². The minimum atomic E-state index is -0.474. The van der Waals surface area contributed by atoms with Crippen molar-refractivity contribution in [2.45, 2.75) is 0 Å². The summed E-state index contributed by atoms with van der Waals surface area (Å²) in [4.78, 5) is 10.3. The summed E-state index contributed by atoms with van der Waals surface area (Å²) < 4.78 is 5.99. The monoisotopic (exact) mass is 229 g/mol. The molecule has 0 aliphatic rings. The van der Waals surface area contributed by atoms with Gasteiger partial charge < -0.3 is 10.5 Å². The number of primary amides is 1. The summed E-state index contributed by atoms with van der Waals surface area (Å²) in [5.74, 6) is 0.162. The molecular weight excluding hydrogens is 222 g/mol. The van der Waals surface area contributed by atoms with E-state index in [-0.39, 0.29) is 6.61 Å². The van der Waals surface area contributed by atoms with Crippen molar-refractivity contribution in [3.63, 3.8) is 0 Å². The van der Waals surface area contributed by atoms with Crippen LogP contribution in [0, 0.1) is 0 Å². The molecule has 64 valence electrons. The second kappa shape index (κ2) is 4.11. The molecule has 0 saturated heterocycles. The molecule has 0 unspecified atom stereocenters. The standard InChI is InChI=1S/C8H8BrNO2/c9-6-1-3-7(4-2-6)12-5-8(10)11/h1-4H,5H2,(H2,10,11). The molecule has 0 atom stereocenters. The van der Waals surface area contributed by atoms with E-state index in [0.29, 0.717) is 5.75 Å². The molecule has 4 heteroatoms. The van der Waals surface area contributed by atoms with Gasteiger partial charge in [0.05, 0.1) is 0 Å². The van der Waals surface area contributed by atoms with Gasteiger partial charge in [0.15, 0.2) is 6.61 Å². The van der Waals surface area contributed by atoms with E-state index in [2.05, 4.69) is 15.9 Å². The number of halogens is 1. The van der Waals surface area contributed by atoms with Crippen LogP contribution in [0.25, 0.3) is 0 Å². The van der Waals surface area contributed by atoms with Crippen LogP contribution in [0.4, 0.5) is 0 Å². The van der Waals surface area contributed by atoms with Gasteiger partial charge in [0, 0.05) is 4.47 Å². The van der Waals surface area contributed by atoms with E-state index < -0.39 is 5.91 Å². The van der Waals surface area contributed by atoms with Crippen molar-refractivity contribution in [2.24, 2.45) is 5.73 Å². The number of hydrogen-bond donors (Lipinski definition) is 1. The number of ether oxygens (including phenoxy) is 1. The van der Waals surface area contributed by atoms with Gasteiger partial charge in [-0.25, -0.2) is 0 Å². The third-order valence-electron chi connectivity index (χ3n) is 1.19. The van der Waals surface area contributed by atoms with E-state index in [9.17, 15) is 4.79 Å². The maximum atomic E-state index is 10.3. The van der Waals surface area contributed by atoms with Gasteiger partial charge in [0.2, 0.25) is 0 Å². The Morgan fingerprint density at radius 1 is 1.42 bits per heavy atom. The van der Waals surface area contributed by atoms with Gasteiger partial charge >= 0.3 is 0 Å². The van der Waals surface area contributed by atoms with Gasteiger partial charge in [-0.15, -0.1) is 0 Å². The molecule has 1 rings (SSSR count). The first-order chi connectivity index (χ1) is 5.68. The normalized spacial score (nSPS) is 9.42. The second-order valence-corrected chi connectivity index (χ2v) is 3.12. The molecule has 0 heterocycles. The Hall–Kier alpha value is -1.03. The molecule has 0 fully saturated rings. The maximum absolute atomic E-state index is 10.3. The van der Waals surface area contributed by atoms with Crippen molar-refractivity contribution in [1.82, 2.24) is 0 Å². The van der Waals surface area contributed by atoms with E-state index in [1.807, 2.05) is 12.1 Å². The van der Waals surface area contributed by atoms with Crippen molar-refractivity contribution < 1.29 is 9.53 Å². The van der Waals surface area contributed by atoms with Crippen LogP contribution in [0.1, 0.15) is 0 Å². The van der Waals surface area contributed by atoms with E-state index in [1.165, 1.54) is 0 Å². The molecule has 0 saturated carbocycles. The van der Waals surface area contributed by atoms with Crippen molar-refractivity contribution in [3.8, 4) is 5.75 Å². The summed E-state index contributed by atoms with van der Waals surface area (Å²) in [6.07, 6.45) is 0. The average Bonchev–Trinajstić information content (AvgIpc) is 2.03. The van der Waals surface area contributed by atoms with Gasteiger partial charge in [0.1, 0.15) is 5.75 Å². The van der Waals surface area contributed by atoms with Crippen LogP contribution in [-0.4, -0.2) is 12.5 Å². The molecular formula is C8H8BrNO2. The van der Waals surface area contributed by atoms with Crippen LogP contribution in [0.5, 0.6) is 5.75 Å². The lowest BCUT2D eigenvalue weighted by Crippen LogP contribution is -2.19. The second-order valence-electron chi connectivity index (χ2n) is 2.21. The summed E-state index contributed by atoms with van der Waals surface area (Å²) in [6, 6.07) is 7.17. The molecule has 0 aliphatic carbocycles. The zero-order valence-corrected chi connectivity index (χ0v) is 7.87. The predicted molar refractivity (Wildman–Crippen MR) is 48.8 cm³/mol. The maximum Gasteiger partial charge on any atom is 0.255 e. The Labute approximate surface area is 78.6 Å². The van der Waals surface area contributed by atoms with Crippen molar-refractivity contribution in [3.05, 3.63) is 28.7 Å². The summed E-state index contributed by atoms with van der Waals surface area (Å²) in [6.45, 7) is -0.0817. The van der Waals surface area contributed by atoms with Crippen LogP contribution in [0.15, 0.2) is 28.7 Å². The molecule has 1 amide bonds. The Bertz CT molecular complexity index is 271. The zero-order valence-electron chi connectivity index (χ0n) is 6.29. The molecule has 3 nitrogen and oxygen atoms in total. The lowest BCUT2D eigenvalue weighted by atomic mass is 10.3. The first kappa shape index (κ1) is 9.06. The molecule has 0 aliphatic heterocycles. The SMILES string of the molecule is NC(=O)COc1ccc(Br)cc1. The van der Waals surface area contributed by atoms with Crippen LogP contribution < -0.4 is 10.5 Å². The number of benzene rings is 1. The van der Waals surface area contributed by atoms with E-state index >= 15 is 0 Å². The third-order valence-corrected chi connectivity index (χ3v) is 1.72. The zero-order chi connectivity index (χ0) is 8.97. The quantitative estimate of drug-likeness (QED) is 0.851. The van der Waals surface area contributed by atoms with Crippen LogP contribution in [0.3, 0.4) is 0 Å². The van der Waals surface area contributed by atoms with Crippen molar-refractivity contribution in [2.75, 3.05) is 6.61 Å². The molecule has 0 bridgehead atoms. The number of hydrogen-bond acceptors (Lipinski definition) is 2. The first-order valence-corrected chi connectivity index (χ1v) is 4.14. The number of rotatable bonds is 3. The third kappa shape index (κ3) is 2.92. The summed E-state index contributed by atoms with van der Waals surface area (Å²) in [5.41, 5.74) is 4.90. The van der Waals surface area contributed by atoms with Gasteiger partial charge in [-0.2, -0.15) is 0 Å². The fraction of sp³-hybridized carbons (Fsp3) is 0.125. The first-order valence-electron chi connectivity index (χ1n) is 3.35. The van der Waals surface area contributed by atoms with Gasteiger partial charge in [-0.3, -0.25) is 4.79 Å². The highest BCUT2D eigenvalue weighted by molar-refractivity contribution is 9.10. The fourth-order valence-electron chi connectivity index (χ4n) is 0.685. The number of carbonyl (C=O) groups excluding carboxylic acids is 1. The lowest BCUT2D eigenvalue weighted by molar-refractivity contribution is -0.119. The molecule has 12 heavy (non-hydrogen) atoms. The predicted octanol–water partition coefficient (Wildman–Crippen LogP) is 1.31. The average molecular weight is 230 g/mol. The van der Waals surface area contributed by atoms with Crippen molar-refractivity contribution in [1.29, 1.82) is 0 Å². The summed E-state index contributed by atoms with van der Waals surface area (Å²) in [5, 5.41) is 0. The molecule has 0 radical (unpaired) electrons. The summed E-state index contributed by atoms with van der Waals surface area (Å²) >= 11 is 3.28. The van der Waals surface area contributed by atoms with E-state index in [1.54, 1.807) is 12.1 Å². The highest BCUT2D eigenvalue weighted by Crippen LogP contribution is 2.15. The minimum absolute atomic E-state index is 0.0817. The van der Waals surface area contributed by atoms with E-state index in [4.69, 9.17) is 10.5 Å². The van der Waals surface area contributed by atoms with Crippen LogP contribution in [0.2, 0.25) is 0 Å². The van der Waals surface area contributed by atoms with Gasteiger partial charge in [-0.05, 0) is 24.3 Å². The highest BCUT2D eigenvalue weighted by Gasteiger charge is 1.95. The van der Waals surface area contributed by atoms with Crippen LogP contribution in [-0.2, 0) is 4.79 Å². The molecule has 2 N–H and O–H groups in total. The highest BCUT2D eigenvalue weighted by atomic mass is 79.9. The topological polar surface area (TPSA) is 52.3 Å².